The zero-order valence-corrected chi connectivity index (χ0v) is 31.2. The molecule has 52 heavy (non-hydrogen) atoms. The molecular formula is C48H43F3Si. The highest BCUT2D eigenvalue weighted by Crippen LogP contribution is 2.52. The number of allylic oxidation sites excluding steroid dienone is 4. The van der Waals surface area contributed by atoms with E-state index in [1.807, 2.05) is 36.4 Å². The Bertz CT molecular complexity index is 2010. The minimum absolute atomic E-state index is 0.228. The van der Waals surface area contributed by atoms with Crippen LogP contribution >= 0.6 is 0 Å². The van der Waals surface area contributed by atoms with Crippen LogP contribution in [0.4, 0.5) is 13.2 Å². The van der Waals surface area contributed by atoms with E-state index in [1.54, 1.807) is 0 Å². The molecule has 0 saturated carbocycles. The van der Waals surface area contributed by atoms with E-state index < -0.39 is 8.07 Å². The van der Waals surface area contributed by atoms with E-state index >= 15 is 0 Å². The average Bonchev–Trinajstić information content (AvgIpc) is 3.35. The summed E-state index contributed by atoms with van der Waals surface area (Å²) >= 11 is 0. The van der Waals surface area contributed by atoms with Gasteiger partial charge in [0.25, 0.3) is 0 Å². The Hall–Kier alpha value is -5.19. The second-order valence-electron chi connectivity index (χ2n) is 14.5. The lowest BCUT2D eigenvalue weighted by Gasteiger charge is -2.47. The van der Waals surface area contributed by atoms with Crippen molar-refractivity contribution in [2.45, 2.75) is 52.0 Å². The van der Waals surface area contributed by atoms with Crippen LogP contribution in [-0.4, -0.2) is 8.07 Å². The molecule has 0 aliphatic heterocycles. The van der Waals surface area contributed by atoms with E-state index in [0.29, 0.717) is 0 Å². The van der Waals surface area contributed by atoms with Gasteiger partial charge in [0.05, 0.1) is 0 Å². The second-order valence-corrected chi connectivity index (χ2v) is 18.8. The molecule has 4 heteroatoms. The third-order valence-electron chi connectivity index (χ3n) is 11.3. The summed E-state index contributed by atoms with van der Waals surface area (Å²) in [5.41, 5.74) is 10.8. The summed E-state index contributed by atoms with van der Waals surface area (Å²) in [7, 11) is -2.91. The predicted octanol–water partition coefficient (Wildman–Crippen LogP) is 10.4. The van der Waals surface area contributed by atoms with Gasteiger partial charge >= 0.3 is 0 Å². The van der Waals surface area contributed by atoms with E-state index in [-0.39, 0.29) is 22.5 Å². The predicted molar refractivity (Wildman–Crippen MR) is 212 cm³/mol. The molecule has 1 atom stereocenters. The lowest BCUT2D eigenvalue weighted by atomic mass is 10.0. The van der Waals surface area contributed by atoms with Crippen molar-refractivity contribution in [2.75, 3.05) is 0 Å². The lowest BCUT2D eigenvalue weighted by molar-refractivity contribution is 0.627. The Labute approximate surface area is 307 Å². The molecule has 0 aromatic heterocycles. The maximum Gasteiger partial charge on any atom is 0.161 e. The zero-order chi connectivity index (χ0) is 36.5. The normalized spacial score (nSPS) is 15.9. The molecule has 6 aromatic rings. The molecule has 0 N–H and O–H groups in total. The summed E-state index contributed by atoms with van der Waals surface area (Å²) in [4.78, 5) is 0. The van der Waals surface area contributed by atoms with Gasteiger partial charge in [0.2, 0.25) is 0 Å². The molecule has 0 nitrogen and oxygen atoms in total. The van der Waals surface area contributed by atoms with E-state index in [2.05, 4.69) is 107 Å². The van der Waals surface area contributed by atoms with Gasteiger partial charge in [0.15, 0.2) is 8.07 Å². The molecule has 260 valence electrons. The van der Waals surface area contributed by atoms with Crippen LogP contribution in [0.1, 0.15) is 61.1 Å². The van der Waals surface area contributed by atoms with E-state index in [4.69, 9.17) is 0 Å². The summed E-state index contributed by atoms with van der Waals surface area (Å²) in [6.07, 6.45) is 4.67. The summed E-state index contributed by atoms with van der Waals surface area (Å²) in [6.45, 7) is 9.21. The number of hydrogen-bond donors (Lipinski definition) is 0. The SMILES string of the molecule is CC1=CC(C)([Si](c2ccc(Cc3ccc(F)cc3)cc2)(c2ccc(Cc3ccc(F)cc3)cc2)c2ccc(Cc3ccc(F)cc3)cc2)C(C)=C1C. The van der Waals surface area contributed by atoms with Crippen LogP contribution in [0.2, 0.25) is 5.04 Å². The smallest absolute Gasteiger partial charge is 0.161 e. The van der Waals surface area contributed by atoms with Crippen molar-refractivity contribution in [3.05, 3.63) is 219 Å². The van der Waals surface area contributed by atoms with Crippen molar-refractivity contribution in [2.24, 2.45) is 0 Å². The Morgan fingerprint density at radius 3 is 0.885 bits per heavy atom. The number of halogens is 3. The fraction of sp³-hybridized carbons (Fsp3) is 0.167. The largest absolute Gasteiger partial charge is 0.207 e. The highest BCUT2D eigenvalue weighted by molar-refractivity contribution is 7.14. The molecule has 0 bridgehead atoms. The Balaban J connectivity index is 1.38. The highest BCUT2D eigenvalue weighted by atomic mass is 28.3. The van der Waals surface area contributed by atoms with Gasteiger partial charge in [0.1, 0.15) is 17.5 Å². The first kappa shape index (κ1) is 35.2. The zero-order valence-electron chi connectivity index (χ0n) is 30.2. The van der Waals surface area contributed by atoms with E-state index in [1.165, 1.54) is 85.4 Å². The summed E-state index contributed by atoms with van der Waals surface area (Å²) in [5, 5.41) is 3.66. The van der Waals surface area contributed by atoms with Crippen molar-refractivity contribution >= 4 is 23.6 Å². The van der Waals surface area contributed by atoms with Crippen molar-refractivity contribution in [1.29, 1.82) is 0 Å². The van der Waals surface area contributed by atoms with Crippen LogP contribution in [0, 0.1) is 17.5 Å². The van der Waals surface area contributed by atoms with E-state index in [9.17, 15) is 13.2 Å². The van der Waals surface area contributed by atoms with Crippen LogP contribution in [0.15, 0.2) is 168 Å². The standard InChI is InChI=1S/C48H43F3Si/c1-33-32-48(4,35(3)34(33)2)52(45-23-11-39(12-24-45)29-36-5-17-42(49)18-6-36,46-25-13-40(14-26-46)30-37-7-19-43(50)20-8-37)47-27-15-41(16-28-47)31-38-9-21-44(51)22-10-38/h5-28,32H,29-31H2,1-4H3. The molecule has 1 aliphatic rings. The third kappa shape index (κ3) is 6.76. The number of hydrogen-bond acceptors (Lipinski definition) is 0. The first-order chi connectivity index (χ1) is 25.0. The minimum atomic E-state index is -2.91. The van der Waals surface area contributed by atoms with Gasteiger partial charge in [-0.05, 0) is 131 Å². The van der Waals surface area contributed by atoms with Gasteiger partial charge in [-0.1, -0.05) is 133 Å². The monoisotopic (exact) mass is 704 g/mol. The van der Waals surface area contributed by atoms with Crippen LogP contribution in [-0.2, 0) is 19.3 Å². The third-order valence-corrected chi connectivity index (χ3v) is 17.0. The van der Waals surface area contributed by atoms with Crippen molar-refractivity contribution < 1.29 is 13.2 Å². The average molecular weight is 705 g/mol. The Kier molecular flexibility index (Phi) is 9.78. The maximum absolute atomic E-state index is 13.7. The van der Waals surface area contributed by atoms with Gasteiger partial charge in [-0.2, -0.15) is 0 Å². The van der Waals surface area contributed by atoms with Gasteiger partial charge in [0, 0.05) is 5.04 Å². The topological polar surface area (TPSA) is 0 Å². The maximum atomic E-state index is 13.7. The van der Waals surface area contributed by atoms with Gasteiger partial charge in [-0.3, -0.25) is 0 Å². The van der Waals surface area contributed by atoms with Crippen LogP contribution < -0.4 is 15.6 Å². The fourth-order valence-electron chi connectivity index (χ4n) is 8.26. The van der Waals surface area contributed by atoms with Crippen molar-refractivity contribution in [3.8, 4) is 0 Å². The minimum Gasteiger partial charge on any atom is -0.207 e. The molecular weight excluding hydrogens is 662 g/mol. The molecule has 1 aliphatic carbocycles. The van der Waals surface area contributed by atoms with Gasteiger partial charge in [-0.25, -0.2) is 13.2 Å². The lowest BCUT2D eigenvalue weighted by Crippen LogP contribution is -2.73. The second kappa shape index (κ2) is 14.4. The Morgan fingerprint density at radius 2 is 0.654 bits per heavy atom. The molecule has 0 saturated heterocycles. The summed E-state index contributed by atoms with van der Waals surface area (Å²) in [6, 6.07) is 47.7. The Morgan fingerprint density at radius 1 is 0.404 bits per heavy atom. The van der Waals surface area contributed by atoms with Crippen LogP contribution in [0.25, 0.3) is 0 Å². The molecule has 0 spiro atoms. The van der Waals surface area contributed by atoms with Gasteiger partial charge in [-0.15, -0.1) is 0 Å². The highest BCUT2D eigenvalue weighted by Gasteiger charge is 2.56. The molecule has 0 radical (unpaired) electrons. The quantitative estimate of drug-likeness (QED) is 0.0984. The fourth-order valence-corrected chi connectivity index (χ4v) is 14.2. The van der Waals surface area contributed by atoms with E-state index in [0.717, 1.165) is 36.0 Å². The van der Waals surface area contributed by atoms with Crippen molar-refractivity contribution in [3.63, 3.8) is 0 Å². The molecule has 0 amide bonds. The molecule has 6 aromatic carbocycles. The first-order valence-electron chi connectivity index (χ1n) is 17.9. The van der Waals surface area contributed by atoms with Crippen LogP contribution in [0.3, 0.4) is 0 Å². The van der Waals surface area contributed by atoms with Gasteiger partial charge < -0.3 is 0 Å². The number of benzene rings is 6. The molecule has 0 fully saturated rings. The number of rotatable bonds is 10. The molecule has 1 unspecified atom stereocenters. The summed E-state index contributed by atoms with van der Waals surface area (Å²) in [5.74, 6) is -0.683. The van der Waals surface area contributed by atoms with Crippen molar-refractivity contribution in [1.82, 2.24) is 0 Å². The molecule has 0 heterocycles. The molecule has 7 rings (SSSR count). The van der Waals surface area contributed by atoms with Crippen LogP contribution in [0.5, 0.6) is 0 Å². The summed E-state index contributed by atoms with van der Waals surface area (Å²) < 4.78 is 41.0. The first-order valence-corrected chi connectivity index (χ1v) is 19.9.